The first-order valence-electron chi connectivity index (χ1n) is 5.16. The molecule has 0 fully saturated rings. The van der Waals surface area contributed by atoms with Crippen LogP contribution in [0.2, 0.25) is 0 Å². The number of nitrogens with two attached hydrogens (primary N) is 2. The first kappa shape index (κ1) is 18.0. The number of carboxylic acid groups (broad SMARTS) is 2. The quantitative estimate of drug-likeness (QED) is 0.320. The van der Waals surface area contributed by atoms with E-state index >= 15 is 0 Å². The first-order valence-corrected chi connectivity index (χ1v) is 5.16. The molecule has 0 radical (unpaired) electrons. The van der Waals surface area contributed by atoms with Crippen molar-refractivity contribution in [2.75, 3.05) is 13.1 Å². The highest BCUT2D eigenvalue weighted by atomic mass is 17.1. The van der Waals surface area contributed by atoms with E-state index < -0.39 is 12.1 Å². The normalized spacial score (nSPS) is 9.41. The van der Waals surface area contributed by atoms with E-state index in [1.807, 2.05) is 0 Å². The van der Waals surface area contributed by atoms with Crippen LogP contribution in [0.3, 0.4) is 0 Å². The Morgan fingerprint density at radius 2 is 1.41 bits per heavy atom. The number of hydrogen-bond donors (Lipinski definition) is 5. The third kappa shape index (κ3) is 14.6. The summed E-state index contributed by atoms with van der Waals surface area (Å²) < 4.78 is 0. The van der Waals surface area contributed by atoms with Crippen molar-refractivity contribution in [1.82, 2.24) is 0 Å². The van der Waals surface area contributed by atoms with Crippen LogP contribution >= 0.6 is 0 Å². The predicted octanol–water partition coefficient (Wildman–Crippen LogP) is 0.319. The van der Waals surface area contributed by atoms with Crippen molar-refractivity contribution in [3.63, 3.8) is 0 Å². The van der Waals surface area contributed by atoms with Gasteiger partial charge in [0.15, 0.2) is 0 Å². The average molecular weight is 252 g/mol. The lowest BCUT2D eigenvalue weighted by molar-refractivity contribution is -0.194. The molecule has 0 amide bonds. The van der Waals surface area contributed by atoms with Crippen LogP contribution in [0, 0.1) is 5.92 Å². The zero-order chi connectivity index (χ0) is 13.7. The molecule has 0 aromatic heterocycles. The predicted molar refractivity (Wildman–Crippen MR) is 59.4 cm³/mol. The Balaban J connectivity index is 0. The highest BCUT2D eigenvalue weighted by Gasteiger charge is 2.15. The van der Waals surface area contributed by atoms with Crippen LogP contribution in [0.15, 0.2) is 0 Å². The molecule has 7 N–H and O–H groups in total. The minimum atomic E-state index is -1.69. The van der Waals surface area contributed by atoms with Crippen molar-refractivity contribution >= 4 is 12.1 Å². The maximum atomic E-state index is 10.6. The van der Waals surface area contributed by atoms with E-state index in [4.69, 9.17) is 31.7 Å². The van der Waals surface area contributed by atoms with Crippen LogP contribution in [0.1, 0.15) is 25.7 Å². The molecular weight excluding hydrogens is 232 g/mol. The number of hydrogen-bond acceptors (Lipinski definition) is 6. The molecule has 0 spiro atoms. The highest BCUT2D eigenvalue weighted by molar-refractivity contribution is 5.69. The zero-order valence-electron chi connectivity index (χ0n) is 9.54. The standard InChI is InChI=1S/C8H18N2O2.CH2O4/c9-5-1-3-7(8(11)12)4-2-6-10;2-1(3)5-4/h7H,1-6,9-10H2,(H,11,12);4H,(H,2,3). The van der Waals surface area contributed by atoms with Crippen LogP contribution in [0.4, 0.5) is 4.79 Å². The lowest BCUT2D eigenvalue weighted by Gasteiger charge is -2.09. The van der Waals surface area contributed by atoms with Gasteiger partial charge in [-0.15, -0.1) is 0 Å². The molecule has 0 aliphatic heterocycles. The van der Waals surface area contributed by atoms with Crippen molar-refractivity contribution in [3.8, 4) is 0 Å². The molecule has 0 aromatic carbocycles. The van der Waals surface area contributed by atoms with Gasteiger partial charge in [0, 0.05) is 0 Å². The van der Waals surface area contributed by atoms with Crippen molar-refractivity contribution in [3.05, 3.63) is 0 Å². The Morgan fingerprint density at radius 1 is 1.06 bits per heavy atom. The second kappa shape index (κ2) is 12.7. The molecule has 0 aliphatic rings. The first-order chi connectivity index (χ1) is 7.99. The smallest absolute Gasteiger partial charge is 0.481 e. The lowest BCUT2D eigenvalue weighted by atomic mass is 9.98. The van der Waals surface area contributed by atoms with Crippen LogP contribution in [-0.2, 0) is 9.68 Å². The summed E-state index contributed by atoms with van der Waals surface area (Å²) in [5, 5.41) is 23.0. The van der Waals surface area contributed by atoms with Crippen molar-refractivity contribution < 1.29 is 29.9 Å². The van der Waals surface area contributed by atoms with Gasteiger partial charge in [-0.3, -0.25) is 9.68 Å². The fourth-order valence-electron chi connectivity index (χ4n) is 1.12. The van der Waals surface area contributed by atoms with Crippen molar-refractivity contribution in [1.29, 1.82) is 0 Å². The summed E-state index contributed by atoms with van der Waals surface area (Å²) >= 11 is 0. The monoisotopic (exact) mass is 252 g/mol. The molecule has 0 saturated carbocycles. The van der Waals surface area contributed by atoms with Crippen LogP contribution in [-0.4, -0.2) is 40.7 Å². The van der Waals surface area contributed by atoms with Gasteiger partial charge in [0.05, 0.1) is 5.92 Å². The van der Waals surface area contributed by atoms with E-state index in [2.05, 4.69) is 4.89 Å². The third-order valence-corrected chi connectivity index (χ3v) is 1.94. The molecule has 0 aromatic rings. The molecule has 0 rings (SSSR count). The van der Waals surface area contributed by atoms with Crippen LogP contribution < -0.4 is 11.5 Å². The summed E-state index contributed by atoms with van der Waals surface area (Å²) in [6.07, 6.45) is 1.21. The van der Waals surface area contributed by atoms with Gasteiger partial charge in [-0.25, -0.2) is 4.79 Å². The molecule has 0 aliphatic carbocycles. The largest absolute Gasteiger partial charge is 0.537 e. The molecule has 0 saturated heterocycles. The number of carboxylic acids is 1. The van der Waals surface area contributed by atoms with Gasteiger partial charge in [0.2, 0.25) is 0 Å². The second-order valence-corrected chi connectivity index (χ2v) is 3.25. The molecule has 8 nitrogen and oxygen atoms in total. The van der Waals surface area contributed by atoms with Gasteiger partial charge >= 0.3 is 12.1 Å². The minimum absolute atomic E-state index is 0.253. The van der Waals surface area contributed by atoms with Crippen molar-refractivity contribution in [2.45, 2.75) is 25.7 Å². The average Bonchev–Trinajstić information content (AvgIpc) is 2.29. The topological polar surface area (TPSA) is 156 Å². The van der Waals surface area contributed by atoms with Crippen LogP contribution in [0.25, 0.3) is 0 Å². The number of rotatable bonds is 7. The minimum Gasteiger partial charge on any atom is -0.481 e. The summed E-state index contributed by atoms with van der Waals surface area (Å²) in [5.74, 6) is -0.978. The fourth-order valence-corrected chi connectivity index (χ4v) is 1.12. The van der Waals surface area contributed by atoms with Crippen LogP contribution in [0.5, 0.6) is 0 Å². The molecule has 0 unspecified atom stereocenters. The van der Waals surface area contributed by atoms with E-state index in [1.165, 1.54) is 0 Å². The third-order valence-electron chi connectivity index (χ3n) is 1.94. The second-order valence-electron chi connectivity index (χ2n) is 3.25. The Kier molecular flexibility index (Phi) is 13.4. The van der Waals surface area contributed by atoms with Gasteiger partial charge in [-0.1, -0.05) is 0 Å². The molecule has 102 valence electrons. The Hall–Kier alpha value is -1.38. The van der Waals surface area contributed by atoms with Crippen molar-refractivity contribution in [2.24, 2.45) is 17.4 Å². The molecular formula is C9H20N2O6. The van der Waals surface area contributed by atoms with Gasteiger partial charge in [0.1, 0.15) is 0 Å². The number of aliphatic carboxylic acids is 1. The van der Waals surface area contributed by atoms with Gasteiger partial charge in [-0.2, -0.15) is 5.26 Å². The maximum absolute atomic E-state index is 10.6. The maximum Gasteiger partial charge on any atom is 0.537 e. The van der Waals surface area contributed by atoms with E-state index in [-0.39, 0.29) is 5.92 Å². The van der Waals surface area contributed by atoms with E-state index in [0.717, 1.165) is 12.8 Å². The van der Waals surface area contributed by atoms with Gasteiger partial charge in [0.25, 0.3) is 0 Å². The lowest BCUT2D eigenvalue weighted by Crippen LogP contribution is -2.16. The SMILES string of the molecule is NCCCC(CCCN)C(=O)O.O=C(O)OO. The van der Waals surface area contributed by atoms with E-state index in [9.17, 15) is 4.79 Å². The number of carbonyl (C=O) groups is 2. The Morgan fingerprint density at radius 3 is 1.59 bits per heavy atom. The zero-order valence-corrected chi connectivity index (χ0v) is 9.54. The Bertz CT molecular complexity index is 204. The fraction of sp³-hybridized carbons (Fsp3) is 0.778. The summed E-state index contributed by atoms with van der Waals surface area (Å²) in [6, 6.07) is 0. The summed E-state index contributed by atoms with van der Waals surface area (Å²) in [5.41, 5.74) is 10.6. The highest BCUT2D eigenvalue weighted by Crippen LogP contribution is 2.12. The van der Waals surface area contributed by atoms with Gasteiger partial charge in [-0.05, 0) is 38.8 Å². The van der Waals surface area contributed by atoms with E-state index in [1.54, 1.807) is 0 Å². The van der Waals surface area contributed by atoms with Gasteiger partial charge < -0.3 is 21.7 Å². The molecule has 0 heterocycles. The molecule has 8 heteroatoms. The molecule has 0 bridgehead atoms. The van der Waals surface area contributed by atoms with E-state index in [0.29, 0.717) is 25.9 Å². The molecule has 17 heavy (non-hydrogen) atoms. The summed E-state index contributed by atoms with van der Waals surface area (Å²) in [4.78, 5) is 22.2. The Labute approximate surface area is 99.1 Å². The summed E-state index contributed by atoms with van der Waals surface area (Å²) in [6.45, 7) is 1.12. The summed E-state index contributed by atoms with van der Waals surface area (Å²) in [7, 11) is 0. The molecule has 0 atom stereocenters.